The molecular formula is C16H24N2O2. The van der Waals surface area contributed by atoms with Gasteiger partial charge in [-0.2, -0.15) is 0 Å². The summed E-state index contributed by atoms with van der Waals surface area (Å²) in [5, 5.41) is 0. The number of benzene rings is 1. The second-order valence-corrected chi connectivity index (χ2v) is 5.52. The number of ether oxygens (including phenoxy) is 1. The van der Waals surface area contributed by atoms with E-state index in [1.165, 1.54) is 25.7 Å². The van der Waals surface area contributed by atoms with Crippen molar-refractivity contribution >= 4 is 11.6 Å². The van der Waals surface area contributed by atoms with Crippen molar-refractivity contribution < 1.29 is 9.53 Å². The molecule has 20 heavy (non-hydrogen) atoms. The van der Waals surface area contributed by atoms with E-state index in [2.05, 4.69) is 0 Å². The van der Waals surface area contributed by atoms with E-state index in [0.29, 0.717) is 23.0 Å². The third-order valence-electron chi connectivity index (χ3n) is 4.15. The Balaban J connectivity index is 2.17. The molecule has 2 N–H and O–H groups in total. The predicted octanol–water partition coefficient (Wildman–Crippen LogP) is 3.07. The Kier molecular flexibility index (Phi) is 4.88. The van der Waals surface area contributed by atoms with Crippen molar-refractivity contribution in [2.75, 3.05) is 19.9 Å². The van der Waals surface area contributed by atoms with Crippen LogP contribution in [0.5, 0.6) is 5.75 Å². The molecule has 0 radical (unpaired) electrons. The molecule has 1 aromatic carbocycles. The van der Waals surface area contributed by atoms with Gasteiger partial charge in [0.1, 0.15) is 5.75 Å². The van der Waals surface area contributed by atoms with E-state index in [0.717, 1.165) is 12.8 Å². The number of hydrogen-bond donors (Lipinski definition) is 1. The summed E-state index contributed by atoms with van der Waals surface area (Å²) in [5.74, 6) is 0.573. The van der Waals surface area contributed by atoms with Crippen molar-refractivity contribution in [2.45, 2.75) is 44.6 Å². The van der Waals surface area contributed by atoms with Crippen molar-refractivity contribution in [1.29, 1.82) is 0 Å². The number of carbonyl (C=O) groups is 1. The minimum Gasteiger partial charge on any atom is -0.496 e. The summed E-state index contributed by atoms with van der Waals surface area (Å²) in [5.41, 5.74) is 6.94. The quantitative estimate of drug-likeness (QED) is 0.682. The number of carbonyl (C=O) groups excluding carboxylic acids is 1. The Morgan fingerprint density at radius 3 is 2.50 bits per heavy atom. The minimum atomic E-state index is 0.0220. The van der Waals surface area contributed by atoms with Crippen LogP contribution in [-0.4, -0.2) is 31.0 Å². The van der Waals surface area contributed by atoms with Gasteiger partial charge in [-0.25, -0.2) is 0 Å². The molecule has 1 saturated carbocycles. The zero-order valence-corrected chi connectivity index (χ0v) is 12.4. The van der Waals surface area contributed by atoms with E-state index in [1.807, 2.05) is 11.9 Å². The van der Waals surface area contributed by atoms with E-state index in [9.17, 15) is 4.79 Å². The zero-order chi connectivity index (χ0) is 14.5. The normalized spacial score (nSPS) is 16.5. The lowest BCUT2D eigenvalue weighted by Crippen LogP contribution is -2.36. The molecule has 0 unspecified atom stereocenters. The Morgan fingerprint density at radius 2 is 1.90 bits per heavy atom. The first kappa shape index (κ1) is 14.7. The molecule has 4 heteroatoms. The first-order valence-corrected chi connectivity index (χ1v) is 7.34. The van der Waals surface area contributed by atoms with Gasteiger partial charge in [0.05, 0.1) is 12.7 Å². The molecule has 0 saturated heterocycles. The number of anilines is 1. The number of nitrogens with zero attached hydrogens (tertiary/aromatic N) is 1. The van der Waals surface area contributed by atoms with Gasteiger partial charge in [0.2, 0.25) is 0 Å². The largest absolute Gasteiger partial charge is 0.496 e. The highest BCUT2D eigenvalue weighted by atomic mass is 16.5. The van der Waals surface area contributed by atoms with Crippen LogP contribution >= 0.6 is 0 Å². The molecule has 4 nitrogen and oxygen atoms in total. The lowest BCUT2D eigenvalue weighted by molar-refractivity contribution is 0.0714. The maximum Gasteiger partial charge on any atom is 0.257 e. The molecule has 0 aliphatic heterocycles. The Bertz CT molecular complexity index is 466. The lowest BCUT2D eigenvalue weighted by atomic mass is 10.1. The fraction of sp³-hybridized carbons (Fsp3) is 0.562. The van der Waals surface area contributed by atoms with Crippen LogP contribution in [0.1, 0.15) is 48.9 Å². The molecule has 110 valence electrons. The second kappa shape index (κ2) is 6.64. The summed E-state index contributed by atoms with van der Waals surface area (Å²) in [6, 6.07) is 5.54. The van der Waals surface area contributed by atoms with Gasteiger partial charge in [-0.15, -0.1) is 0 Å². The summed E-state index contributed by atoms with van der Waals surface area (Å²) in [7, 11) is 3.46. The highest BCUT2D eigenvalue weighted by molar-refractivity contribution is 5.97. The van der Waals surface area contributed by atoms with Crippen LogP contribution in [0.4, 0.5) is 5.69 Å². The molecule has 0 spiro atoms. The molecule has 1 aliphatic rings. The zero-order valence-electron chi connectivity index (χ0n) is 12.4. The lowest BCUT2D eigenvalue weighted by Gasteiger charge is -2.27. The van der Waals surface area contributed by atoms with Crippen LogP contribution in [-0.2, 0) is 0 Å². The summed E-state index contributed by atoms with van der Waals surface area (Å²) in [6.07, 6.45) is 7.18. The number of nitrogens with two attached hydrogens (primary N) is 1. The van der Waals surface area contributed by atoms with E-state index >= 15 is 0 Å². The average molecular weight is 276 g/mol. The van der Waals surface area contributed by atoms with Gasteiger partial charge in [-0.3, -0.25) is 4.79 Å². The van der Waals surface area contributed by atoms with Crippen LogP contribution in [0, 0.1) is 0 Å². The summed E-state index contributed by atoms with van der Waals surface area (Å²) >= 11 is 0. The van der Waals surface area contributed by atoms with E-state index in [-0.39, 0.29) is 5.91 Å². The highest BCUT2D eigenvalue weighted by Crippen LogP contribution is 2.26. The standard InChI is InChI=1S/C16H24N2O2/c1-18(13-7-5-3-4-6-8-13)16(19)14-10-9-12(17)11-15(14)20-2/h9-11,13H,3-8,17H2,1-2H3. The van der Waals surface area contributed by atoms with Crippen LogP contribution < -0.4 is 10.5 Å². The molecule has 1 aromatic rings. The van der Waals surface area contributed by atoms with Crippen LogP contribution in [0.25, 0.3) is 0 Å². The van der Waals surface area contributed by atoms with Gasteiger partial charge in [0, 0.05) is 24.8 Å². The van der Waals surface area contributed by atoms with Gasteiger partial charge in [0.25, 0.3) is 5.91 Å². The number of hydrogen-bond acceptors (Lipinski definition) is 3. The van der Waals surface area contributed by atoms with Crippen LogP contribution in [0.3, 0.4) is 0 Å². The maximum absolute atomic E-state index is 12.7. The smallest absolute Gasteiger partial charge is 0.257 e. The molecule has 2 rings (SSSR count). The Hall–Kier alpha value is -1.71. The fourth-order valence-electron chi connectivity index (χ4n) is 2.89. The van der Waals surface area contributed by atoms with Gasteiger partial charge >= 0.3 is 0 Å². The molecule has 0 bridgehead atoms. The molecule has 0 heterocycles. The highest BCUT2D eigenvalue weighted by Gasteiger charge is 2.24. The summed E-state index contributed by atoms with van der Waals surface area (Å²) in [4.78, 5) is 14.5. The van der Waals surface area contributed by atoms with Crippen molar-refractivity contribution in [1.82, 2.24) is 4.90 Å². The average Bonchev–Trinajstić information content (AvgIpc) is 2.74. The first-order chi connectivity index (χ1) is 9.63. The van der Waals surface area contributed by atoms with E-state index in [1.54, 1.807) is 25.3 Å². The summed E-state index contributed by atoms with van der Waals surface area (Å²) in [6.45, 7) is 0. The first-order valence-electron chi connectivity index (χ1n) is 7.34. The van der Waals surface area contributed by atoms with Crippen molar-refractivity contribution in [2.24, 2.45) is 0 Å². The van der Waals surface area contributed by atoms with Gasteiger partial charge < -0.3 is 15.4 Å². The van der Waals surface area contributed by atoms with Gasteiger partial charge in [0.15, 0.2) is 0 Å². The number of nitrogen functional groups attached to an aromatic ring is 1. The van der Waals surface area contributed by atoms with E-state index in [4.69, 9.17) is 10.5 Å². The number of rotatable bonds is 3. The molecule has 0 aromatic heterocycles. The monoisotopic (exact) mass is 276 g/mol. The topological polar surface area (TPSA) is 55.6 Å². The van der Waals surface area contributed by atoms with Gasteiger partial charge in [-0.05, 0) is 25.0 Å². The van der Waals surface area contributed by atoms with Crippen LogP contribution in [0.15, 0.2) is 18.2 Å². The second-order valence-electron chi connectivity index (χ2n) is 5.52. The molecule has 1 amide bonds. The van der Waals surface area contributed by atoms with Crippen molar-refractivity contribution in [3.8, 4) is 5.75 Å². The number of methoxy groups -OCH3 is 1. The summed E-state index contributed by atoms with van der Waals surface area (Å²) < 4.78 is 5.28. The third-order valence-corrected chi connectivity index (χ3v) is 4.15. The van der Waals surface area contributed by atoms with Crippen molar-refractivity contribution in [3.05, 3.63) is 23.8 Å². The molecule has 1 aliphatic carbocycles. The number of amides is 1. The fourth-order valence-corrected chi connectivity index (χ4v) is 2.89. The maximum atomic E-state index is 12.7. The Labute approximate surface area is 120 Å². The molecular weight excluding hydrogens is 252 g/mol. The molecule has 1 fully saturated rings. The SMILES string of the molecule is COc1cc(N)ccc1C(=O)N(C)C1CCCCCC1. The van der Waals surface area contributed by atoms with Crippen LogP contribution in [0.2, 0.25) is 0 Å². The van der Waals surface area contributed by atoms with E-state index < -0.39 is 0 Å². The molecule has 0 atom stereocenters. The predicted molar refractivity (Wildman–Crippen MR) is 81.0 cm³/mol. The third kappa shape index (κ3) is 3.24. The minimum absolute atomic E-state index is 0.0220. The Morgan fingerprint density at radius 1 is 1.25 bits per heavy atom. The van der Waals surface area contributed by atoms with Crippen molar-refractivity contribution in [3.63, 3.8) is 0 Å². The van der Waals surface area contributed by atoms with Gasteiger partial charge in [-0.1, -0.05) is 25.7 Å².